The Bertz CT molecular complexity index is 433. The van der Waals surface area contributed by atoms with Gasteiger partial charge in [-0.15, -0.1) is 0 Å². The van der Waals surface area contributed by atoms with Crippen LogP contribution in [0.1, 0.15) is 24.8 Å². The molecule has 2 atom stereocenters. The van der Waals surface area contributed by atoms with Gasteiger partial charge in [-0.1, -0.05) is 41.8 Å². The van der Waals surface area contributed by atoms with E-state index in [1.807, 2.05) is 12.1 Å². The highest BCUT2D eigenvalue weighted by molar-refractivity contribution is 6.42. The predicted molar refractivity (Wildman–Crippen MR) is 70.5 cm³/mol. The Morgan fingerprint density at radius 2 is 2.12 bits per heavy atom. The number of Topliss-reactive ketones (excluding diaryl/α,β-unsaturated/α-hetero) is 1. The van der Waals surface area contributed by atoms with E-state index >= 15 is 0 Å². The topological polar surface area (TPSA) is 43.1 Å². The van der Waals surface area contributed by atoms with Crippen LogP contribution in [0.4, 0.5) is 0 Å². The van der Waals surface area contributed by atoms with Crippen molar-refractivity contribution < 1.29 is 4.79 Å². The van der Waals surface area contributed by atoms with E-state index in [2.05, 4.69) is 0 Å². The molecule has 1 saturated carbocycles. The number of nitrogens with two attached hydrogens (primary N) is 1. The first kappa shape index (κ1) is 12.9. The van der Waals surface area contributed by atoms with Gasteiger partial charge in [-0.2, -0.15) is 0 Å². The highest BCUT2D eigenvalue weighted by Crippen LogP contribution is 2.29. The van der Waals surface area contributed by atoms with Crippen LogP contribution in [0.25, 0.3) is 0 Å². The molecule has 4 heteroatoms. The molecule has 0 amide bonds. The summed E-state index contributed by atoms with van der Waals surface area (Å²) in [7, 11) is 0. The van der Waals surface area contributed by atoms with Crippen molar-refractivity contribution in [2.24, 2.45) is 11.7 Å². The Labute approximate surface area is 111 Å². The van der Waals surface area contributed by atoms with E-state index < -0.39 is 0 Å². The van der Waals surface area contributed by atoms with E-state index in [-0.39, 0.29) is 17.7 Å². The van der Waals surface area contributed by atoms with Gasteiger partial charge in [0.25, 0.3) is 0 Å². The second-order valence-electron chi connectivity index (χ2n) is 4.56. The van der Waals surface area contributed by atoms with Crippen LogP contribution in [-0.4, -0.2) is 11.8 Å². The number of hydrogen-bond acceptors (Lipinski definition) is 2. The molecule has 1 aliphatic carbocycles. The van der Waals surface area contributed by atoms with Crippen molar-refractivity contribution >= 4 is 29.0 Å². The molecule has 0 saturated heterocycles. The van der Waals surface area contributed by atoms with E-state index in [4.69, 9.17) is 28.9 Å². The summed E-state index contributed by atoms with van der Waals surface area (Å²) in [5.41, 5.74) is 6.72. The second kappa shape index (κ2) is 5.38. The highest BCUT2D eigenvalue weighted by atomic mass is 35.5. The van der Waals surface area contributed by atoms with Crippen molar-refractivity contribution in [2.75, 3.05) is 0 Å². The van der Waals surface area contributed by atoms with E-state index in [9.17, 15) is 4.79 Å². The Morgan fingerprint density at radius 3 is 2.76 bits per heavy atom. The molecule has 2 rings (SSSR count). The van der Waals surface area contributed by atoms with Gasteiger partial charge >= 0.3 is 0 Å². The van der Waals surface area contributed by atoms with Crippen LogP contribution in [0.15, 0.2) is 18.2 Å². The molecule has 0 spiro atoms. The van der Waals surface area contributed by atoms with Gasteiger partial charge in [0.15, 0.2) is 0 Å². The predicted octanol–water partition coefficient (Wildman–Crippen LogP) is 3.23. The molecule has 0 radical (unpaired) electrons. The highest BCUT2D eigenvalue weighted by Gasteiger charge is 2.30. The van der Waals surface area contributed by atoms with Crippen molar-refractivity contribution in [3.63, 3.8) is 0 Å². The number of ketones is 1. The van der Waals surface area contributed by atoms with Crippen molar-refractivity contribution in [1.82, 2.24) is 0 Å². The average molecular weight is 272 g/mol. The Morgan fingerprint density at radius 1 is 1.35 bits per heavy atom. The molecular weight excluding hydrogens is 257 g/mol. The Balaban J connectivity index is 2.10. The lowest BCUT2D eigenvalue weighted by molar-refractivity contribution is -0.122. The molecule has 2 unspecified atom stereocenters. The van der Waals surface area contributed by atoms with Gasteiger partial charge < -0.3 is 5.73 Å². The minimum absolute atomic E-state index is 0.00921. The molecule has 2 N–H and O–H groups in total. The molecular formula is C13H15Cl2NO. The largest absolute Gasteiger partial charge is 0.327 e. The minimum Gasteiger partial charge on any atom is -0.327 e. The summed E-state index contributed by atoms with van der Waals surface area (Å²) in [6.07, 6.45) is 3.22. The third kappa shape index (κ3) is 2.82. The number of hydrogen-bond donors (Lipinski definition) is 1. The fraction of sp³-hybridized carbons (Fsp3) is 0.462. The summed E-state index contributed by atoms with van der Waals surface area (Å²) in [5, 5.41) is 0.974. The monoisotopic (exact) mass is 271 g/mol. The molecule has 92 valence electrons. The summed E-state index contributed by atoms with van der Waals surface area (Å²) in [5.74, 6) is 0.171. The quantitative estimate of drug-likeness (QED) is 0.917. The summed E-state index contributed by atoms with van der Waals surface area (Å²) in [6.45, 7) is 0. The van der Waals surface area contributed by atoms with Gasteiger partial charge in [0, 0.05) is 18.4 Å². The fourth-order valence-electron chi connectivity index (χ4n) is 2.39. The van der Waals surface area contributed by atoms with Crippen molar-refractivity contribution in [3.8, 4) is 0 Å². The number of benzene rings is 1. The van der Waals surface area contributed by atoms with Crippen LogP contribution in [0.5, 0.6) is 0 Å². The second-order valence-corrected chi connectivity index (χ2v) is 5.34. The number of carbonyl (C=O) groups is 1. The van der Waals surface area contributed by atoms with E-state index in [1.54, 1.807) is 6.07 Å². The third-order valence-electron chi connectivity index (χ3n) is 3.38. The van der Waals surface area contributed by atoms with E-state index in [1.165, 1.54) is 0 Å². The fourth-order valence-corrected chi connectivity index (χ4v) is 2.78. The van der Waals surface area contributed by atoms with Crippen LogP contribution in [0.2, 0.25) is 10.0 Å². The molecule has 0 aromatic heterocycles. The van der Waals surface area contributed by atoms with Crippen LogP contribution in [-0.2, 0) is 11.2 Å². The van der Waals surface area contributed by atoms with Gasteiger partial charge in [-0.3, -0.25) is 4.79 Å². The lowest BCUT2D eigenvalue weighted by Gasteiger charge is -2.14. The Hall–Kier alpha value is -0.570. The maximum atomic E-state index is 12.1. The summed E-state index contributed by atoms with van der Waals surface area (Å²) >= 11 is 12.0. The molecule has 0 aliphatic heterocycles. The molecule has 1 aliphatic rings. The van der Waals surface area contributed by atoms with Crippen molar-refractivity contribution in [2.45, 2.75) is 31.7 Å². The summed E-state index contributed by atoms with van der Waals surface area (Å²) in [4.78, 5) is 12.1. The molecule has 0 heterocycles. The lowest BCUT2D eigenvalue weighted by Crippen LogP contribution is -2.31. The van der Waals surface area contributed by atoms with Crippen molar-refractivity contribution in [1.29, 1.82) is 0 Å². The molecule has 2 nitrogen and oxygen atoms in total. The first-order chi connectivity index (χ1) is 8.09. The van der Waals surface area contributed by atoms with Crippen molar-refractivity contribution in [3.05, 3.63) is 33.8 Å². The maximum Gasteiger partial charge on any atom is 0.141 e. The van der Waals surface area contributed by atoms with E-state index in [0.717, 1.165) is 24.8 Å². The standard InChI is InChI=1S/C13H15Cl2NO/c14-10-5-1-3-8(13(10)15)7-12(17)9-4-2-6-11(9)16/h1,3,5,9,11H,2,4,6-7,16H2. The number of halogens is 2. The summed E-state index contributed by atoms with van der Waals surface area (Å²) in [6, 6.07) is 5.39. The van der Waals surface area contributed by atoms with Gasteiger partial charge in [0.05, 0.1) is 10.0 Å². The zero-order chi connectivity index (χ0) is 12.4. The number of carbonyl (C=O) groups excluding carboxylic acids is 1. The van der Waals surface area contributed by atoms with Crippen LogP contribution < -0.4 is 5.73 Å². The minimum atomic E-state index is -0.00921. The SMILES string of the molecule is NC1CCCC1C(=O)Cc1cccc(Cl)c1Cl. The van der Waals surface area contributed by atoms with Crippen LogP contribution in [0, 0.1) is 5.92 Å². The van der Waals surface area contributed by atoms with Gasteiger partial charge in [0.1, 0.15) is 5.78 Å². The maximum absolute atomic E-state index is 12.1. The zero-order valence-electron chi connectivity index (χ0n) is 9.46. The molecule has 1 aromatic carbocycles. The first-order valence-corrected chi connectivity index (χ1v) is 6.56. The first-order valence-electron chi connectivity index (χ1n) is 5.81. The summed E-state index contributed by atoms with van der Waals surface area (Å²) < 4.78 is 0. The smallest absolute Gasteiger partial charge is 0.141 e. The molecule has 0 bridgehead atoms. The number of rotatable bonds is 3. The third-order valence-corrected chi connectivity index (χ3v) is 4.24. The van der Waals surface area contributed by atoms with Crippen LogP contribution >= 0.6 is 23.2 Å². The Kier molecular flexibility index (Phi) is 4.08. The zero-order valence-corrected chi connectivity index (χ0v) is 11.0. The van der Waals surface area contributed by atoms with Gasteiger partial charge in [-0.05, 0) is 24.5 Å². The van der Waals surface area contributed by atoms with Crippen LogP contribution in [0.3, 0.4) is 0 Å². The van der Waals surface area contributed by atoms with Gasteiger partial charge in [0.2, 0.25) is 0 Å². The molecule has 1 fully saturated rings. The lowest BCUT2D eigenvalue weighted by atomic mass is 9.94. The normalized spacial score (nSPS) is 23.9. The average Bonchev–Trinajstić information content (AvgIpc) is 2.71. The molecule has 17 heavy (non-hydrogen) atoms. The van der Waals surface area contributed by atoms with Gasteiger partial charge in [-0.25, -0.2) is 0 Å². The van der Waals surface area contributed by atoms with E-state index in [0.29, 0.717) is 16.5 Å². The molecule has 1 aromatic rings.